The Hall–Kier alpha value is -0.130. The molecule has 0 N–H and O–H groups in total. The summed E-state index contributed by atoms with van der Waals surface area (Å²) in [4.78, 5) is 2.48. The smallest absolute Gasteiger partial charge is 0.217 e. The highest BCUT2D eigenvalue weighted by molar-refractivity contribution is 7.89. The van der Waals surface area contributed by atoms with Crippen molar-refractivity contribution in [2.75, 3.05) is 19.6 Å². The molecule has 110 valence electrons. The van der Waals surface area contributed by atoms with E-state index in [0.29, 0.717) is 6.04 Å². The van der Waals surface area contributed by atoms with E-state index in [1.165, 1.54) is 19.3 Å². The largest absolute Gasteiger partial charge is 0.297 e. The molecule has 19 heavy (non-hydrogen) atoms. The van der Waals surface area contributed by atoms with Crippen LogP contribution in [0, 0.1) is 0 Å². The Morgan fingerprint density at radius 3 is 2.42 bits per heavy atom. The summed E-state index contributed by atoms with van der Waals surface area (Å²) in [6.45, 7) is 4.90. The van der Waals surface area contributed by atoms with Crippen molar-refractivity contribution in [2.45, 2.75) is 69.2 Å². The van der Waals surface area contributed by atoms with Crippen LogP contribution < -0.4 is 0 Å². The van der Waals surface area contributed by atoms with Gasteiger partial charge in [0.25, 0.3) is 0 Å². The van der Waals surface area contributed by atoms with Gasteiger partial charge in [-0.15, -0.1) is 0 Å². The normalized spacial score (nSPS) is 35.4. The quantitative estimate of drug-likeness (QED) is 0.777. The Bertz CT molecular complexity index is 417. The van der Waals surface area contributed by atoms with Gasteiger partial charge in [-0.1, -0.05) is 19.3 Å². The molecule has 2 atom stereocenters. The van der Waals surface area contributed by atoms with Crippen molar-refractivity contribution in [3.8, 4) is 0 Å². The topological polar surface area (TPSA) is 40.6 Å². The minimum absolute atomic E-state index is 0.100. The van der Waals surface area contributed by atoms with Crippen LogP contribution in [-0.2, 0) is 10.0 Å². The molecule has 0 aromatic carbocycles. The fourth-order valence-corrected chi connectivity index (χ4v) is 6.33. The number of hydrogen-bond acceptors (Lipinski definition) is 3. The molecular formula is C14H26N2O2S. The Balaban J connectivity index is 1.76. The van der Waals surface area contributed by atoms with E-state index in [1.807, 2.05) is 4.31 Å². The fourth-order valence-electron chi connectivity index (χ4n) is 4.07. The van der Waals surface area contributed by atoms with Gasteiger partial charge in [0.15, 0.2) is 0 Å². The van der Waals surface area contributed by atoms with Crippen LogP contribution in [0.25, 0.3) is 0 Å². The summed E-state index contributed by atoms with van der Waals surface area (Å²) in [7, 11) is -3.07. The minimum atomic E-state index is -3.07. The van der Waals surface area contributed by atoms with Crippen molar-refractivity contribution in [2.24, 2.45) is 0 Å². The van der Waals surface area contributed by atoms with Crippen molar-refractivity contribution in [1.82, 2.24) is 9.21 Å². The van der Waals surface area contributed by atoms with Gasteiger partial charge in [0, 0.05) is 25.2 Å². The second-order valence-electron chi connectivity index (χ2n) is 6.51. The number of rotatable bonds is 2. The molecule has 4 nitrogen and oxygen atoms in total. The van der Waals surface area contributed by atoms with Gasteiger partial charge in [0.1, 0.15) is 0 Å². The number of sulfonamides is 1. The zero-order chi connectivity index (χ0) is 13.5. The average Bonchev–Trinajstić information content (AvgIpc) is 2.85. The van der Waals surface area contributed by atoms with E-state index >= 15 is 0 Å². The van der Waals surface area contributed by atoms with Crippen LogP contribution >= 0.6 is 0 Å². The van der Waals surface area contributed by atoms with Gasteiger partial charge in [-0.2, -0.15) is 4.31 Å². The molecule has 2 aliphatic heterocycles. The second-order valence-corrected chi connectivity index (χ2v) is 8.68. The molecule has 1 saturated carbocycles. The number of fused-ring (bicyclic) bond motifs is 1. The van der Waals surface area contributed by atoms with Crippen LogP contribution in [0.3, 0.4) is 0 Å². The van der Waals surface area contributed by atoms with E-state index < -0.39 is 10.0 Å². The van der Waals surface area contributed by atoms with Gasteiger partial charge in [0.2, 0.25) is 10.0 Å². The zero-order valence-electron chi connectivity index (χ0n) is 11.9. The first kappa shape index (κ1) is 13.8. The van der Waals surface area contributed by atoms with Gasteiger partial charge < -0.3 is 0 Å². The fraction of sp³-hybridized carbons (Fsp3) is 1.00. The summed E-state index contributed by atoms with van der Waals surface area (Å²) in [6.07, 6.45) is 7.53. The van der Waals surface area contributed by atoms with Crippen LogP contribution in [0.4, 0.5) is 0 Å². The highest BCUT2D eigenvalue weighted by Gasteiger charge is 2.42. The maximum absolute atomic E-state index is 12.8. The van der Waals surface area contributed by atoms with E-state index in [0.717, 1.165) is 45.3 Å². The van der Waals surface area contributed by atoms with Crippen molar-refractivity contribution in [1.29, 1.82) is 0 Å². The maximum Gasteiger partial charge on any atom is 0.217 e. The van der Waals surface area contributed by atoms with E-state index in [1.54, 1.807) is 0 Å². The predicted octanol–water partition coefficient (Wildman–Crippen LogP) is 1.82. The zero-order valence-corrected chi connectivity index (χ0v) is 12.7. The molecule has 0 unspecified atom stereocenters. The van der Waals surface area contributed by atoms with Crippen LogP contribution in [0.5, 0.6) is 0 Å². The lowest BCUT2D eigenvalue weighted by molar-refractivity contribution is 0.115. The first-order valence-corrected chi connectivity index (χ1v) is 9.34. The molecule has 0 bridgehead atoms. The highest BCUT2D eigenvalue weighted by Crippen LogP contribution is 2.31. The first-order chi connectivity index (χ1) is 9.09. The molecule has 3 rings (SSSR count). The molecule has 0 radical (unpaired) electrons. The van der Waals surface area contributed by atoms with E-state index in [4.69, 9.17) is 0 Å². The molecule has 0 aromatic rings. The Morgan fingerprint density at radius 1 is 0.947 bits per heavy atom. The van der Waals surface area contributed by atoms with E-state index in [9.17, 15) is 8.42 Å². The molecule has 0 amide bonds. The third-order valence-electron chi connectivity index (χ3n) is 5.18. The van der Waals surface area contributed by atoms with Crippen molar-refractivity contribution < 1.29 is 8.42 Å². The van der Waals surface area contributed by atoms with Crippen LogP contribution in [0.2, 0.25) is 0 Å². The van der Waals surface area contributed by atoms with Crippen molar-refractivity contribution >= 4 is 10.0 Å². The minimum Gasteiger partial charge on any atom is -0.297 e. The molecule has 0 aromatic heterocycles. The molecule has 3 fully saturated rings. The van der Waals surface area contributed by atoms with Gasteiger partial charge in [-0.05, 0) is 39.2 Å². The Labute approximate surface area is 117 Å². The lowest BCUT2D eigenvalue weighted by Gasteiger charge is -2.43. The monoisotopic (exact) mass is 286 g/mol. The molecule has 2 heterocycles. The SMILES string of the molecule is C[C@H]1CN2CCC[C@H]2CN1S(=O)(=O)C1CCCCC1. The molecule has 3 aliphatic rings. The third kappa shape index (κ3) is 2.57. The summed E-state index contributed by atoms with van der Waals surface area (Å²) in [6, 6.07) is 0.635. The lowest BCUT2D eigenvalue weighted by Crippen LogP contribution is -2.58. The highest BCUT2D eigenvalue weighted by atomic mass is 32.2. The summed E-state index contributed by atoms with van der Waals surface area (Å²) >= 11 is 0. The Kier molecular flexibility index (Phi) is 3.89. The van der Waals surface area contributed by atoms with E-state index in [-0.39, 0.29) is 11.3 Å². The standard InChI is InChI=1S/C14H26N2O2S/c1-12-10-15-9-5-6-13(15)11-16(12)19(17,18)14-7-3-2-4-8-14/h12-14H,2-11H2,1H3/t12-,13-/m0/s1. The third-order valence-corrected chi connectivity index (χ3v) is 7.66. The average molecular weight is 286 g/mol. The van der Waals surface area contributed by atoms with Crippen LogP contribution in [0.1, 0.15) is 51.9 Å². The number of nitrogens with zero attached hydrogens (tertiary/aromatic N) is 2. The molecular weight excluding hydrogens is 260 g/mol. The maximum atomic E-state index is 12.8. The van der Waals surface area contributed by atoms with Gasteiger partial charge in [-0.25, -0.2) is 8.42 Å². The van der Waals surface area contributed by atoms with Gasteiger partial charge >= 0.3 is 0 Å². The van der Waals surface area contributed by atoms with Crippen molar-refractivity contribution in [3.63, 3.8) is 0 Å². The summed E-state index contributed by atoms with van der Waals surface area (Å²) < 4.78 is 27.5. The Morgan fingerprint density at radius 2 is 1.68 bits per heavy atom. The van der Waals surface area contributed by atoms with Gasteiger partial charge in [-0.3, -0.25) is 4.90 Å². The summed E-state index contributed by atoms with van der Waals surface area (Å²) in [5.74, 6) is 0. The number of piperazine rings is 1. The summed E-state index contributed by atoms with van der Waals surface area (Å²) in [5, 5.41) is -0.100. The van der Waals surface area contributed by atoms with Crippen LogP contribution in [-0.4, -0.2) is 54.6 Å². The van der Waals surface area contributed by atoms with E-state index in [2.05, 4.69) is 11.8 Å². The number of hydrogen-bond donors (Lipinski definition) is 0. The summed E-state index contributed by atoms with van der Waals surface area (Å²) in [5.41, 5.74) is 0. The van der Waals surface area contributed by atoms with Crippen LogP contribution in [0.15, 0.2) is 0 Å². The first-order valence-electron chi connectivity index (χ1n) is 7.84. The molecule has 1 aliphatic carbocycles. The predicted molar refractivity (Wildman–Crippen MR) is 76.6 cm³/mol. The molecule has 2 saturated heterocycles. The van der Waals surface area contributed by atoms with Crippen molar-refractivity contribution in [3.05, 3.63) is 0 Å². The second kappa shape index (κ2) is 5.34. The lowest BCUT2D eigenvalue weighted by atomic mass is 10.0. The van der Waals surface area contributed by atoms with Gasteiger partial charge in [0.05, 0.1) is 5.25 Å². The molecule has 0 spiro atoms. The molecule has 5 heteroatoms.